The van der Waals surface area contributed by atoms with Gasteiger partial charge in [0.05, 0.1) is 0 Å². The molecule has 1 aromatic carbocycles. The molecule has 0 saturated heterocycles. The van der Waals surface area contributed by atoms with Crippen molar-refractivity contribution in [2.75, 3.05) is 6.26 Å². The van der Waals surface area contributed by atoms with Crippen molar-refractivity contribution in [1.82, 2.24) is 0 Å². The summed E-state index contributed by atoms with van der Waals surface area (Å²) >= 11 is 5.28. The minimum Gasteiger partial charge on any atom is -0.128 e. The lowest BCUT2D eigenvalue weighted by Gasteiger charge is -2.01. The zero-order chi connectivity index (χ0) is 7.56. The van der Waals surface area contributed by atoms with Crippen LogP contribution < -0.4 is 0 Å². The van der Waals surface area contributed by atoms with E-state index in [2.05, 4.69) is 47.3 Å². The lowest BCUT2D eigenvalue weighted by molar-refractivity contribution is 1.31. The van der Waals surface area contributed by atoms with Gasteiger partial charge in [-0.05, 0) is 40.7 Å². The normalized spacial score (nSPS) is 9.90. The van der Waals surface area contributed by atoms with E-state index in [1.54, 1.807) is 11.8 Å². The minimum absolute atomic E-state index is 1.22. The fourth-order valence-electron chi connectivity index (χ4n) is 0.778. The molecule has 0 atom stereocenters. The van der Waals surface area contributed by atoms with Crippen LogP contribution >= 0.6 is 27.7 Å². The molecule has 0 nitrogen and oxygen atoms in total. The summed E-state index contributed by atoms with van der Waals surface area (Å²) in [5.41, 5.74) is 1.30. The molecule has 54 valence electrons. The molecule has 0 N–H and O–H groups in total. The summed E-state index contributed by atoms with van der Waals surface area (Å²) in [5.74, 6) is 0. The Balaban J connectivity index is 3.14. The standard InChI is InChI=1S/C8H9BrS/c1-6-4-3-5-7(10-2)8(6)9/h3-5H,1-2H3. The topological polar surface area (TPSA) is 0 Å². The SMILES string of the molecule is CSc1cccc(C)c1Br. The van der Waals surface area contributed by atoms with Crippen molar-refractivity contribution in [3.05, 3.63) is 28.2 Å². The van der Waals surface area contributed by atoms with E-state index in [0.717, 1.165) is 0 Å². The molecule has 0 heterocycles. The van der Waals surface area contributed by atoms with E-state index < -0.39 is 0 Å². The first-order valence-electron chi connectivity index (χ1n) is 3.05. The van der Waals surface area contributed by atoms with Gasteiger partial charge in [-0.25, -0.2) is 0 Å². The van der Waals surface area contributed by atoms with Crippen molar-refractivity contribution in [3.63, 3.8) is 0 Å². The van der Waals surface area contributed by atoms with Crippen molar-refractivity contribution >= 4 is 27.7 Å². The van der Waals surface area contributed by atoms with Crippen molar-refractivity contribution in [1.29, 1.82) is 0 Å². The average Bonchev–Trinajstić information content (AvgIpc) is 1.95. The van der Waals surface area contributed by atoms with Crippen molar-refractivity contribution in [3.8, 4) is 0 Å². The highest BCUT2D eigenvalue weighted by Crippen LogP contribution is 2.27. The maximum atomic E-state index is 3.52. The van der Waals surface area contributed by atoms with E-state index in [0.29, 0.717) is 0 Å². The van der Waals surface area contributed by atoms with Crippen LogP contribution in [0, 0.1) is 6.92 Å². The smallest absolute Gasteiger partial charge is 0.0340 e. The molecule has 0 aliphatic rings. The molecule has 0 radical (unpaired) electrons. The van der Waals surface area contributed by atoms with Crippen LogP contribution in [0.25, 0.3) is 0 Å². The molecule has 0 fully saturated rings. The van der Waals surface area contributed by atoms with Crippen LogP contribution in [0.3, 0.4) is 0 Å². The van der Waals surface area contributed by atoms with Gasteiger partial charge in [0, 0.05) is 9.37 Å². The number of rotatable bonds is 1. The van der Waals surface area contributed by atoms with Gasteiger partial charge in [0.15, 0.2) is 0 Å². The lowest BCUT2D eigenvalue weighted by Crippen LogP contribution is -1.77. The number of benzene rings is 1. The van der Waals surface area contributed by atoms with E-state index >= 15 is 0 Å². The fourth-order valence-corrected chi connectivity index (χ4v) is 2.08. The predicted molar refractivity (Wildman–Crippen MR) is 50.7 cm³/mol. The fraction of sp³-hybridized carbons (Fsp3) is 0.250. The van der Waals surface area contributed by atoms with Gasteiger partial charge < -0.3 is 0 Å². The molecule has 0 spiro atoms. The van der Waals surface area contributed by atoms with Gasteiger partial charge in [-0.3, -0.25) is 0 Å². The number of thioether (sulfide) groups is 1. The monoisotopic (exact) mass is 216 g/mol. The second-order valence-corrected chi connectivity index (χ2v) is 3.73. The molecule has 0 aliphatic heterocycles. The summed E-state index contributed by atoms with van der Waals surface area (Å²) in [4.78, 5) is 1.31. The number of halogens is 1. The first-order chi connectivity index (χ1) is 4.75. The van der Waals surface area contributed by atoms with E-state index in [1.165, 1.54) is 14.9 Å². The van der Waals surface area contributed by atoms with Crippen LogP contribution in [0.1, 0.15) is 5.56 Å². The third kappa shape index (κ3) is 1.55. The third-order valence-electron chi connectivity index (χ3n) is 1.38. The van der Waals surface area contributed by atoms with Crippen molar-refractivity contribution in [2.24, 2.45) is 0 Å². The first kappa shape index (κ1) is 8.15. The summed E-state index contributed by atoms with van der Waals surface area (Å²) < 4.78 is 1.22. The molecule has 0 aromatic heterocycles. The molecule has 10 heavy (non-hydrogen) atoms. The molecule has 0 bridgehead atoms. The average molecular weight is 217 g/mol. The molecular formula is C8H9BrS. The second-order valence-electron chi connectivity index (χ2n) is 2.09. The number of aryl methyl sites for hydroxylation is 1. The van der Waals surface area contributed by atoms with E-state index in [4.69, 9.17) is 0 Å². The third-order valence-corrected chi connectivity index (χ3v) is 3.47. The number of hydrogen-bond acceptors (Lipinski definition) is 1. The Labute approximate surface area is 74.2 Å². The zero-order valence-corrected chi connectivity index (χ0v) is 8.42. The van der Waals surface area contributed by atoms with Crippen molar-refractivity contribution < 1.29 is 0 Å². The Bertz CT molecular complexity index is 233. The van der Waals surface area contributed by atoms with Gasteiger partial charge in [0.25, 0.3) is 0 Å². The summed E-state index contributed by atoms with van der Waals surface area (Å²) in [6.07, 6.45) is 2.08. The van der Waals surface area contributed by atoms with E-state index in [9.17, 15) is 0 Å². The van der Waals surface area contributed by atoms with Crippen LogP contribution in [-0.4, -0.2) is 6.26 Å². The Morgan fingerprint density at radius 2 is 2.10 bits per heavy atom. The second kappa shape index (κ2) is 3.44. The highest BCUT2D eigenvalue weighted by Gasteiger charge is 1.98. The quantitative estimate of drug-likeness (QED) is 0.649. The van der Waals surface area contributed by atoms with Crippen LogP contribution in [0.2, 0.25) is 0 Å². The molecule has 0 saturated carbocycles. The summed E-state index contributed by atoms with van der Waals surface area (Å²) in [7, 11) is 0. The molecule has 0 amide bonds. The Kier molecular flexibility index (Phi) is 2.81. The van der Waals surface area contributed by atoms with Gasteiger partial charge in [-0.2, -0.15) is 0 Å². The Morgan fingerprint density at radius 1 is 1.40 bits per heavy atom. The van der Waals surface area contributed by atoms with Crippen LogP contribution in [-0.2, 0) is 0 Å². The highest BCUT2D eigenvalue weighted by molar-refractivity contribution is 9.10. The van der Waals surface area contributed by atoms with Gasteiger partial charge in [-0.15, -0.1) is 11.8 Å². The maximum absolute atomic E-state index is 3.52. The van der Waals surface area contributed by atoms with Crippen LogP contribution in [0.5, 0.6) is 0 Å². The Hall–Kier alpha value is 0.0500. The van der Waals surface area contributed by atoms with Gasteiger partial charge >= 0.3 is 0 Å². The highest BCUT2D eigenvalue weighted by atomic mass is 79.9. The minimum atomic E-state index is 1.22. The lowest BCUT2D eigenvalue weighted by atomic mass is 10.2. The largest absolute Gasteiger partial charge is 0.128 e. The van der Waals surface area contributed by atoms with Crippen molar-refractivity contribution in [2.45, 2.75) is 11.8 Å². The maximum Gasteiger partial charge on any atom is 0.0340 e. The summed E-state index contributed by atoms with van der Waals surface area (Å²) in [5, 5.41) is 0. The molecule has 1 aromatic rings. The van der Waals surface area contributed by atoms with Gasteiger partial charge in [0.1, 0.15) is 0 Å². The predicted octanol–water partition coefficient (Wildman–Crippen LogP) is 3.48. The van der Waals surface area contributed by atoms with Gasteiger partial charge in [-0.1, -0.05) is 12.1 Å². The zero-order valence-electron chi connectivity index (χ0n) is 6.02. The first-order valence-corrected chi connectivity index (χ1v) is 5.06. The molecule has 0 aliphatic carbocycles. The Morgan fingerprint density at radius 3 is 2.60 bits per heavy atom. The van der Waals surface area contributed by atoms with Crippen LogP contribution in [0.15, 0.2) is 27.6 Å². The summed E-state index contributed by atoms with van der Waals surface area (Å²) in [6, 6.07) is 6.29. The number of hydrogen-bond donors (Lipinski definition) is 0. The van der Waals surface area contributed by atoms with E-state index in [-0.39, 0.29) is 0 Å². The molecule has 1 rings (SSSR count). The van der Waals surface area contributed by atoms with Crippen LogP contribution in [0.4, 0.5) is 0 Å². The van der Waals surface area contributed by atoms with Gasteiger partial charge in [0.2, 0.25) is 0 Å². The molecule has 0 unspecified atom stereocenters. The summed E-state index contributed by atoms with van der Waals surface area (Å²) in [6.45, 7) is 2.10. The molecular weight excluding hydrogens is 208 g/mol. The molecule has 2 heteroatoms. The van der Waals surface area contributed by atoms with E-state index in [1.807, 2.05) is 0 Å².